The quantitative estimate of drug-likeness (QED) is 0.254. The van der Waals surface area contributed by atoms with Gasteiger partial charge in [0.25, 0.3) is 0 Å². The Morgan fingerprint density at radius 3 is 2.87 bits per heavy atom. The molecule has 4 atom stereocenters. The van der Waals surface area contributed by atoms with E-state index in [1.807, 2.05) is 6.92 Å². The Morgan fingerprint density at radius 2 is 2.17 bits per heavy atom. The summed E-state index contributed by atoms with van der Waals surface area (Å²) in [6.45, 7) is 2.19. The van der Waals surface area contributed by atoms with E-state index in [9.17, 15) is 20.1 Å². The van der Waals surface area contributed by atoms with Crippen LogP contribution in [0.1, 0.15) is 19.6 Å². The minimum absolute atomic E-state index is 0.209. The standard InChI is InChI=1S/C17H22N8O5/c1-2-3-18-14-11-16(23-15(22-14)10-8(20-7-27)4-21-24-10)25(6-19-11)17-13(29)12(28)9(5-26)30-17/h4,6-7,9,12-13,17,26,28-29H,2-3,5H2,1H3,(H,20,27)(H,21,24)(H,18,22,23)/t9-,12-,13-,17-/m1/s1. The number of aliphatic hydroxyl groups excluding tert-OH is 3. The number of imidazole rings is 1. The van der Waals surface area contributed by atoms with E-state index in [4.69, 9.17) is 4.74 Å². The summed E-state index contributed by atoms with van der Waals surface area (Å²) < 4.78 is 7.09. The molecule has 13 heteroatoms. The van der Waals surface area contributed by atoms with Crippen molar-refractivity contribution in [1.82, 2.24) is 29.7 Å². The van der Waals surface area contributed by atoms with E-state index in [1.165, 1.54) is 17.1 Å². The third kappa shape index (κ3) is 3.37. The Labute approximate surface area is 170 Å². The molecule has 4 rings (SSSR count). The molecule has 30 heavy (non-hydrogen) atoms. The van der Waals surface area contributed by atoms with Gasteiger partial charge in [-0.15, -0.1) is 0 Å². The number of nitrogens with zero attached hydrogens (tertiary/aromatic N) is 5. The molecule has 0 saturated carbocycles. The number of anilines is 2. The van der Waals surface area contributed by atoms with Crippen molar-refractivity contribution in [2.75, 3.05) is 23.8 Å². The summed E-state index contributed by atoms with van der Waals surface area (Å²) in [7, 11) is 0. The minimum atomic E-state index is -1.29. The molecule has 1 saturated heterocycles. The van der Waals surface area contributed by atoms with Gasteiger partial charge in [-0.3, -0.25) is 14.5 Å². The first-order valence-corrected chi connectivity index (χ1v) is 9.44. The second-order valence-corrected chi connectivity index (χ2v) is 6.79. The Hall–Kier alpha value is -3.13. The van der Waals surface area contributed by atoms with Gasteiger partial charge in [-0.2, -0.15) is 5.10 Å². The van der Waals surface area contributed by atoms with Gasteiger partial charge in [-0.1, -0.05) is 6.92 Å². The Balaban J connectivity index is 1.84. The number of ether oxygens (including phenoxy) is 1. The number of aromatic nitrogens is 6. The van der Waals surface area contributed by atoms with Crippen molar-refractivity contribution in [3.05, 3.63) is 12.5 Å². The lowest BCUT2D eigenvalue weighted by Gasteiger charge is -2.17. The fourth-order valence-corrected chi connectivity index (χ4v) is 3.32. The number of fused-ring (bicyclic) bond motifs is 1. The number of aliphatic hydroxyl groups is 3. The molecule has 0 radical (unpaired) electrons. The molecule has 3 aromatic heterocycles. The first-order valence-electron chi connectivity index (χ1n) is 9.44. The molecule has 4 heterocycles. The van der Waals surface area contributed by atoms with Crippen LogP contribution in [0.15, 0.2) is 12.5 Å². The van der Waals surface area contributed by atoms with Crippen molar-refractivity contribution in [3.63, 3.8) is 0 Å². The van der Waals surface area contributed by atoms with Crippen molar-refractivity contribution in [3.8, 4) is 11.5 Å². The van der Waals surface area contributed by atoms with Crippen LogP contribution in [0, 0.1) is 0 Å². The predicted octanol–water partition coefficient (Wildman–Crippen LogP) is -0.782. The highest BCUT2D eigenvalue weighted by molar-refractivity contribution is 5.87. The van der Waals surface area contributed by atoms with E-state index in [0.29, 0.717) is 41.3 Å². The van der Waals surface area contributed by atoms with E-state index < -0.39 is 31.1 Å². The second-order valence-electron chi connectivity index (χ2n) is 6.79. The van der Waals surface area contributed by atoms with Crippen LogP contribution in [0.3, 0.4) is 0 Å². The van der Waals surface area contributed by atoms with E-state index >= 15 is 0 Å². The highest BCUT2D eigenvalue weighted by atomic mass is 16.6. The van der Waals surface area contributed by atoms with Crippen LogP contribution in [0.5, 0.6) is 0 Å². The van der Waals surface area contributed by atoms with Crippen LogP contribution < -0.4 is 10.6 Å². The molecule has 1 aliphatic heterocycles. The molecule has 3 aromatic rings. The first kappa shape index (κ1) is 20.2. The molecule has 1 fully saturated rings. The number of carbonyl (C=O) groups excluding carboxylic acids is 1. The van der Waals surface area contributed by atoms with Gasteiger partial charge in [0.2, 0.25) is 6.41 Å². The maximum absolute atomic E-state index is 10.9. The number of amides is 1. The molecule has 6 N–H and O–H groups in total. The molecule has 1 aliphatic rings. The van der Waals surface area contributed by atoms with Crippen molar-refractivity contribution in [2.45, 2.75) is 37.9 Å². The molecule has 13 nitrogen and oxygen atoms in total. The molecule has 0 unspecified atom stereocenters. The van der Waals surface area contributed by atoms with E-state index in [1.54, 1.807) is 0 Å². The zero-order valence-corrected chi connectivity index (χ0v) is 16.1. The largest absolute Gasteiger partial charge is 0.394 e. The van der Waals surface area contributed by atoms with Crippen LogP contribution in [-0.2, 0) is 9.53 Å². The van der Waals surface area contributed by atoms with E-state index in [-0.39, 0.29) is 5.82 Å². The SMILES string of the molecule is CCCNc1nc(-c2n[nH]cc2NC=O)nc2c1ncn2[C@@H]1O[C@H](CO)[C@@H](O)[C@H]1O. The second kappa shape index (κ2) is 8.31. The van der Waals surface area contributed by atoms with Gasteiger partial charge in [0.05, 0.1) is 18.6 Å². The maximum atomic E-state index is 10.9. The Morgan fingerprint density at radius 1 is 1.33 bits per heavy atom. The number of rotatable bonds is 8. The number of carbonyl (C=O) groups is 1. The minimum Gasteiger partial charge on any atom is -0.394 e. The lowest BCUT2D eigenvalue weighted by molar-refractivity contribution is -0.105. The van der Waals surface area contributed by atoms with Crippen LogP contribution >= 0.6 is 0 Å². The zero-order valence-electron chi connectivity index (χ0n) is 16.1. The summed E-state index contributed by atoms with van der Waals surface area (Å²) in [6.07, 6.45) is -0.195. The van der Waals surface area contributed by atoms with Gasteiger partial charge in [-0.25, -0.2) is 15.0 Å². The normalized spacial score (nSPS) is 23.7. The van der Waals surface area contributed by atoms with Crippen molar-refractivity contribution in [2.24, 2.45) is 0 Å². The average Bonchev–Trinajstić information content (AvgIpc) is 3.45. The third-order valence-electron chi connectivity index (χ3n) is 4.82. The van der Waals surface area contributed by atoms with E-state index in [0.717, 1.165) is 6.42 Å². The average molecular weight is 418 g/mol. The Bertz CT molecular complexity index is 1040. The van der Waals surface area contributed by atoms with Crippen LogP contribution in [0.25, 0.3) is 22.7 Å². The lowest BCUT2D eigenvalue weighted by Crippen LogP contribution is -2.33. The molecular weight excluding hydrogens is 396 g/mol. The number of H-pyrrole nitrogens is 1. The smallest absolute Gasteiger partial charge is 0.211 e. The third-order valence-corrected chi connectivity index (χ3v) is 4.82. The summed E-state index contributed by atoms with van der Waals surface area (Å²) in [5, 5.41) is 42.4. The highest BCUT2D eigenvalue weighted by Crippen LogP contribution is 2.33. The van der Waals surface area contributed by atoms with Crippen LogP contribution in [0.4, 0.5) is 11.5 Å². The number of hydrogen-bond donors (Lipinski definition) is 6. The van der Waals surface area contributed by atoms with Crippen LogP contribution in [0.2, 0.25) is 0 Å². The summed E-state index contributed by atoms with van der Waals surface area (Å²) in [4.78, 5) is 24.2. The molecule has 0 aromatic carbocycles. The van der Waals surface area contributed by atoms with Gasteiger partial charge >= 0.3 is 0 Å². The topological polar surface area (TPSA) is 183 Å². The monoisotopic (exact) mass is 418 g/mol. The number of hydrogen-bond acceptors (Lipinski definition) is 10. The first-order chi connectivity index (χ1) is 14.6. The zero-order chi connectivity index (χ0) is 21.3. The predicted molar refractivity (Wildman–Crippen MR) is 104 cm³/mol. The Kier molecular flexibility index (Phi) is 5.59. The molecule has 0 aliphatic carbocycles. The highest BCUT2D eigenvalue weighted by Gasteiger charge is 2.44. The van der Waals surface area contributed by atoms with Gasteiger partial charge in [-0.05, 0) is 6.42 Å². The van der Waals surface area contributed by atoms with Gasteiger partial charge in [0, 0.05) is 12.7 Å². The summed E-state index contributed by atoms with van der Waals surface area (Å²) >= 11 is 0. The van der Waals surface area contributed by atoms with Crippen molar-refractivity contribution in [1.29, 1.82) is 0 Å². The fraction of sp³-hybridized carbons (Fsp3) is 0.471. The van der Waals surface area contributed by atoms with Crippen molar-refractivity contribution < 1.29 is 24.9 Å². The summed E-state index contributed by atoms with van der Waals surface area (Å²) in [5.41, 5.74) is 1.47. The summed E-state index contributed by atoms with van der Waals surface area (Å²) in [6, 6.07) is 0. The molecule has 160 valence electrons. The van der Waals surface area contributed by atoms with Crippen LogP contribution in [-0.4, -0.2) is 82.9 Å². The van der Waals surface area contributed by atoms with Gasteiger partial charge < -0.3 is 30.7 Å². The summed E-state index contributed by atoms with van der Waals surface area (Å²) in [5.74, 6) is 0.655. The van der Waals surface area contributed by atoms with Gasteiger partial charge in [0.15, 0.2) is 34.7 Å². The van der Waals surface area contributed by atoms with Gasteiger partial charge in [0.1, 0.15) is 18.3 Å². The number of aromatic amines is 1. The van der Waals surface area contributed by atoms with Crippen molar-refractivity contribution >= 4 is 29.1 Å². The van der Waals surface area contributed by atoms with E-state index in [2.05, 4.69) is 35.8 Å². The number of nitrogens with one attached hydrogen (secondary N) is 3. The molecular formula is C17H22N8O5. The fourth-order valence-electron chi connectivity index (χ4n) is 3.32. The maximum Gasteiger partial charge on any atom is 0.211 e. The molecule has 0 spiro atoms. The molecule has 0 bridgehead atoms. The molecule has 1 amide bonds. The lowest BCUT2D eigenvalue weighted by atomic mass is 10.1.